The van der Waals surface area contributed by atoms with Gasteiger partial charge in [0.2, 0.25) is 0 Å². The van der Waals surface area contributed by atoms with Crippen molar-refractivity contribution >= 4 is 5.65 Å². The normalized spacial score (nSPS) is 21.6. The van der Waals surface area contributed by atoms with Crippen molar-refractivity contribution in [1.29, 1.82) is 0 Å². The highest BCUT2D eigenvalue weighted by atomic mass is 15.3. The van der Waals surface area contributed by atoms with E-state index in [-0.39, 0.29) is 0 Å². The fourth-order valence-corrected chi connectivity index (χ4v) is 2.79. The summed E-state index contributed by atoms with van der Waals surface area (Å²) in [5.74, 6) is 1.09. The van der Waals surface area contributed by atoms with Crippen LogP contribution in [0, 0.1) is 6.92 Å². The van der Waals surface area contributed by atoms with Gasteiger partial charge < -0.3 is 4.90 Å². The van der Waals surface area contributed by atoms with Crippen LogP contribution >= 0.6 is 0 Å². The van der Waals surface area contributed by atoms with Crippen LogP contribution in [-0.4, -0.2) is 39.1 Å². The summed E-state index contributed by atoms with van der Waals surface area (Å²) in [7, 11) is 2.22. The van der Waals surface area contributed by atoms with E-state index in [2.05, 4.69) is 51.8 Å². The maximum atomic E-state index is 4.35. The summed E-state index contributed by atoms with van der Waals surface area (Å²) in [5.41, 5.74) is 2.19. The molecule has 3 heterocycles. The first-order valence-corrected chi connectivity index (χ1v) is 6.74. The van der Waals surface area contributed by atoms with Crippen molar-refractivity contribution in [2.75, 3.05) is 13.6 Å². The van der Waals surface area contributed by atoms with Crippen molar-refractivity contribution in [3.8, 4) is 0 Å². The van der Waals surface area contributed by atoms with Gasteiger partial charge in [-0.25, -0.2) is 0 Å². The van der Waals surface area contributed by atoms with E-state index in [0.29, 0.717) is 6.04 Å². The number of hydrogen-bond acceptors (Lipinski definition) is 3. The molecule has 18 heavy (non-hydrogen) atoms. The lowest BCUT2D eigenvalue weighted by atomic mass is 10.00. The van der Waals surface area contributed by atoms with Gasteiger partial charge in [-0.1, -0.05) is 6.42 Å². The van der Waals surface area contributed by atoms with Crippen LogP contribution in [0.2, 0.25) is 0 Å². The average Bonchev–Trinajstić information content (AvgIpc) is 2.74. The Labute approximate surface area is 108 Å². The van der Waals surface area contributed by atoms with Gasteiger partial charge in [0.1, 0.15) is 5.82 Å². The Kier molecular flexibility index (Phi) is 3.04. The van der Waals surface area contributed by atoms with Crippen molar-refractivity contribution in [2.45, 2.75) is 38.6 Å². The number of rotatable bonds is 2. The summed E-state index contributed by atoms with van der Waals surface area (Å²) in [6, 6.07) is 4.82. The molecule has 0 saturated carbocycles. The monoisotopic (exact) mass is 244 g/mol. The van der Waals surface area contributed by atoms with Crippen molar-refractivity contribution in [2.24, 2.45) is 0 Å². The molecule has 2 aromatic rings. The van der Waals surface area contributed by atoms with Gasteiger partial charge in [-0.05, 0) is 51.1 Å². The Bertz CT molecular complexity index is 546. The van der Waals surface area contributed by atoms with E-state index in [1.807, 2.05) is 0 Å². The Balaban J connectivity index is 1.86. The number of aromatic nitrogens is 3. The summed E-state index contributed by atoms with van der Waals surface area (Å²) in [6.07, 6.45) is 7.03. The predicted molar refractivity (Wildman–Crippen MR) is 71.7 cm³/mol. The van der Waals surface area contributed by atoms with E-state index in [9.17, 15) is 0 Å². The van der Waals surface area contributed by atoms with Gasteiger partial charge in [-0.15, -0.1) is 10.2 Å². The zero-order valence-corrected chi connectivity index (χ0v) is 11.1. The molecular formula is C14H20N4. The van der Waals surface area contributed by atoms with Crippen LogP contribution in [0.1, 0.15) is 30.7 Å². The fourth-order valence-electron chi connectivity index (χ4n) is 2.79. The summed E-state index contributed by atoms with van der Waals surface area (Å²) < 4.78 is 2.12. The van der Waals surface area contributed by atoms with Crippen LogP contribution < -0.4 is 0 Å². The van der Waals surface area contributed by atoms with Crippen LogP contribution in [0.15, 0.2) is 18.3 Å². The van der Waals surface area contributed by atoms with Crippen molar-refractivity contribution in [1.82, 2.24) is 19.5 Å². The Hall–Kier alpha value is -1.42. The third-order valence-corrected chi connectivity index (χ3v) is 3.98. The van der Waals surface area contributed by atoms with Gasteiger partial charge in [-0.3, -0.25) is 4.40 Å². The predicted octanol–water partition coefficient (Wildman–Crippen LogP) is 2.06. The topological polar surface area (TPSA) is 33.4 Å². The van der Waals surface area contributed by atoms with E-state index in [1.165, 1.54) is 31.4 Å². The minimum absolute atomic E-state index is 0.618. The SMILES string of the molecule is Cc1ccn2c(CC3CCCCN3C)nnc2c1. The number of pyridine rings is 1. The Morgan fingerprint density at radius 1 is 1.33 bits per heavy atom. The zero-order chi connectivity index (χ0) is 12.5. The molecule has 1 atom stereocenters. The Morgan fingerprint density at radius 2 is 2.22 bits per heavy atom. The van der Waals surface area contributed by atoms with Gasteiger partial charge in [0, 0.05) is 18.7 Å². The van der Waals surface area contributed by atoms with Crippen LogP contribution in [-0.2, 0) is 6.42 Å². The first kappa shape index (κ1) is 11.7. The maximum Gasteiger partial charge on any atom is 0.161 e. The van der Waals surface area contributed by atoms with Crippen LogP contribution in [0.3, 0.4) is 0 Å². The van der Waals surface area contributed by atoms with Crippen molar-refractivity contribution in [3.63, 3.8) is 0 Å². The molecule has 0 amide bonds. The quantitative estimate of drug-likeness (QED) is 0.811. The fraction of sp³-hybridized carbons (Fsp3) is 0.571. The molecule has 0 bridgehead atoms. The highest BCUT2D eigenvalue weighted by Crippen LogP contribution is 2.19. The molecule has 0 radical (unpaired) electrons. The summed E-state index contributed by atoms with van der Waals surface area (Å²) >= 11 is 0. The molecular weight excluding hydrogens is 224 g/mol. The molecule has 1 fully saturated rings. The standard InChI is InChI=1S/C14H20N4/c1-11-6-8-18-13(9-11)15-16-14(18)10-12-5-3-4-7-17(12)2/h6,8-9,12H,3-5,7,10H2,1-2H3. The molecule has 3 rings (SSSR count). The van der Waals surface area contributed by atoms with Crippen LogP contribution in [0.4, 0.5) is 0 Å². The van der Waals surface area contributed by atoms with Crippen molar-refractivity contribution < 1.29 is 0 Å². The molecule has 0 N–H and O–H groups in total. The van der Waals surface area contributed by atoms with Gasteiger partial charge in [0.15, 0.2) is 5.65 Å². The van der Waals surface area contributed by atoms with Gasteiger partial charge in [0.25, 0.3) is 0 Å². The summed E-state index contributed by atoms with van der Waals surface area (Å²) in [4.78, 5) is 2.46. The van der Waals surface area contributed by atoms with Gasteiger partial charge in [-0.2, -0.15) is 0 Å². The Morgan fingerprint density at radius 3 is 3.06 bits per heavy atom. The highest BCUT2D eigenvalue weighted by Gasteiger charge is 2.21. The third kappa shape index (κ3) is 2.12. The molecule has 4 heteroatoms. The number of fused-ring (bicyclic) bond motifs is 1. The number of likely N-dealkylation sites (tertiary alicyclic amines) is 1. The molecule has 1 unspecified atom stereocenters. The lowest BCUT2D eigenvalue weighted by Gasteiger charge is -2.31. The van der Waals surface area contributed by atoms with Crippen molar-refractivity contribution in [3.05, 3.63) is 29.7 Å². The minimum atomic E-state index is 0.618. The molecule has 4 nitrogen and oxygen atoms in total. The van der Waals surface area contributed by atoms with Crippen LogP contribution in [0.25, 0.3) is 5.65 Å². The second kappa shape index (κ2) is 4.69. The third-order valence-electron chi connectivity index (χ3n) is 3.98. The van der Waals surface area contributed by atoms with Gasteiger partial charge >= 0.3 is 0 Å². The van der Waals surface area contributed by atoms with Crippen LogP contribution in [0.5, 0.6) is 0 Å². The van der Waals surface area contributed by atoms with E-state index in [4.69, 9.17) is 0 Å². The smallest absolute Gasteiger partial charge is 0.161 e. The number of nitrogens with zero attached hydrogens (tertiary/aromatic N) is 4. The number of piperidine rings is 1. The molecule has 0 spiro atoms. The number of hydrogen-bond donors (Lipinski definition) is 0. The summed E-state index contributed by atoms with van der Waals surface area (Å²) in [5, 5.41) is 8.62. The number of aryl methyl sites for hydroxylation is 1. The molecule has 96 valence electrons. The van der Waals surface area contributed by atoms with E-state index >= 15 is 0 Å². The molecule has 0 aliphatic carbocycles. The number of likely N-dealkylation sites (N-methyl/N-ethyl adjacent to an activating group) is 1. The largest absolute Gasteiger partial charge is 0.303 e. The molecule has 1 aliphatic heterocycles. The second-order valence-corrected chi connectivity index (χ2v) is 5.38. The first-order valence-electron chi connectivity index (χ1n) is 6.74. The van der Waals surface area contributed by atoms with Gasteiger partial charge in [0.05, 0.1) is 0 Å². The zero-order valence-electron chi connectivity index (χ0n) is 11.1. The minimum Gasteiger partial charge on any atom is -0.303 e. The van der Waals surface area contributed by atoms with E-state index < -0.39 is 0 Å². The average molecular weight is 244 g/mol. The molecule has 1 saturated heterocycles. The molecule has 1 aliphatic rings. The first-order chi connectivity index (χ1) is 8.74. The lowest BCUT2D eigenvalue weighted by Crippen LogP contribution is -2.38. The highest BCUT2D eigenvalue weighted by molar-refractivity contribution is 5.40. The molecule has 2 aromatic heterocycles. The van der Waals surface area contributed by atoms with E-state index in [0.717, 1.165) is 17.9 Å². The lowest BCUT2D eigenvalue weighted by molar-refractivity contribution is 0.182. The summed E-state index contributed by atoms with van der Waals surface area (Å²) in [6.45, 7) is 3.30. The van der Waals surface area contributed by atoms with E-state index in [1.54, 1.807) is 0 Å². The maximum absolute atomic E-state index is 4.35. The second-order valence-electron chi connectivity index (χ2n) is 5.38. The molecule has 0 aromatic carbocycles.